The number of benzene rings is 2. The molecule has 122 valence electrons. The van der Waals surface area contributed by atoms with Crippen LogP contribution >= 0.6 is 0 Å². The SMILES string of the molecule is COc1ccc(OCCCC(=O)Nc2cc(C)ccc2F)cc1. The number of amides is 1. The van der Waals surface area contributed by atoms with Gasteiger partial charge in [-0.1, -0.05) is 6.07 Å². The first-order valence-electron chi connectivity index (χ1n) is 7.41. The molecule has 0 aromatic heterocycles. The summed E-state index contributed by atoms with van der Waals surface area (Å²) in [7, 11) is 1.60. The Kier molecular flexibility index (Phi) is 5.97. The summed E-state index contributed by atoms with van der Waals surface area (Å²) in [6.45, 7) is 2.26. The number of carbonyl (C=O) groups is 1. The number of methoxy groups -OCH3 is 1. The smallest absolute Gasteiger partial charge is 0.224 e. The molecule has 0 saturated carbocycles. The van der Waals surface area contributed by atoms with Crippen LogP contribution in [0.25, 0.3) is 0 Å². The quantitative estimate of drug-likeness (QED) is 0.787. The van der Waals surface area contributed by atoms with Crippen molar-refractivity contribution >= 4 is 11.6 Å². The van der Waals surface area contributed by atoms with E-state index >= 15 is 0 Å². The minimum atomic E-state index is -0.432. The van der Waals surface area contributed by atoms with Gasteiger partial charge in [0.05, 0.1) is 19.4 Å². The summed E-state index contributed by atoms with van der Waals surface area (Å²) < 4.78 is 24.2. The Hall–Kier alpha value is -2.56. The van der Waals surface area contributed by atoms with Gasteiger partial charge < -0.3 is 14.8 Å². The van der Waals surface area contributed by atoms with Crippen LogP contribution in [0, 0.1) is 12.7 Å². The van der Waals surface area contributed by atoms with E-state index in [-0.39, 0.29) is 18.0 Å². The lowest BCUT2D eigenvalue weighted by Crippen LogP contribution is -2.14. The number of anilines is 1. The van der Waals surface area contributed by atoms with Gasteiger partial charge in [0.1, 0.15) is 17.3 Å². The second-order valence-corrected chi connectivity index (χ2v) is 5.16. The molecule has 0 fully saturated rings. The zero-order valence-corrected chi connectivity index (χ0v) is 13.3. The molecule has 0 saturated heterocycles. The minimum absolute atomic E-state index is 0.214. The van der Waals surface area contributed by atoms with E-state index in [0.717, 1.165) is 17.1 Å². The molecule has 0 radical (unpaired) electrons. The number of nitrogens with one attached hydrogen (secondary N) is 1. The topological polar surface area (TPSA) is 47.6 Å². The van der Waals surface area contributed by atoms with E-state index in [1.807, 2.05) is 19.1 Å². The number of hydrogen-bond donors (Lipinski definition) is 1. The Morgan fingerprint density at radius 3 is 2.52 bits per heavy atom. The van der Waals surface area contributed by atoms with E-state index in [2.05, 4.69) is 5.32 Å². The predicted molar refractivity (Wildman–Crippen MR) is 87.5 cm³/mol. The van der Waals surface area contributed by atoms with Crippen LogP contribution in [-0.4, -0.2) is 19.6 Å². The van der Waals surface area contributed by atoms with Crippen molar-refractivity contribution in [3.05, 3.63) is 53.8 Å². The van der Waals surface area contributed by atoms with Crippen LogP contribution in [-0.2, 0) is 4.79 Å². The molecule has 0 atom stereocenters. The van der Waals surface area contributed by atoms with E-state index in [1.54, 1.807) is 31.4 Å². The lowest BCUT2D eigenvalue weighted by Gasteiger charge is -2.09. The van der Waals surface area contributed by atoms with Gasteiger partial charge in [0.15, 0.2) is 0 Å². The van der Waals surface area contributed by atoms with Crippen LogP contribution in [0.1, 0.15) is 18.4 Å². The van der Waals surface area contributed by atoms with Crippen molar-refractivity contribution in [2.75, 3.05) is 19.0 Å². The normalized spacial score (nSPS) is 10.2. The minimum Gasteiger partial charge on any atom is -0.497 e. The molecule has 0 unspecified atom stereocenters. The first kappa shape index (κ1) is 16.8. The van der Waals surface area contributed by atoms with Crippen LogP contribution in [0.3, 0.4) is 0 Å². The third-order valence-corrected chi connectivity index (χ3v) is 3.27. The molecule has 0 aliphatic rings. The molecule has 0 spiro atoms. The summed E-state index contributed by atoms with van der Waals surface area (Å²) in [5.74, 6) is 0.819. The number of halogens is 1. The summed E-state index contributed by atoms with van der Waals surface area (Å²) in [6.07, 6.45) is 0.814. The highest BCUT2D eigenvalue weighted by molar-refractivity contribution is 5.90. The van der Waals surface area contributed by atoms with Crippen molar-refractivity contribution in [1.82, 2.24) is 0 Å². The summed E-state index contributed by atoms with van der Waals surface area (Å²) in [5.41, 5.74) is 1.11. The van der Waals surface area contributed by atoms with E-state index in [4.69, 9.17) is 9.47 Å². The number of rotatable bonds is 7. The molecule has 2 aromatic carbocycles. The molecule has 0 aliphatic heterocycles. The van der Waals surface area contributed by atoms with Crippen molar-refractivity contribution in [3.63, 3.8) is 0 Å². The Morgan fingerprint density at radius 2 is 1.83 bits per heavy atom. The van der Waals surface area contributed by atoms with Crippen LogP contribution in [0.4, 0.5) is 10.1 Å². The van der Waals surface area contributed by atoms with Crippen LogP contribution in [0.5, 0.6) is 11.5 Å². The first-order chi connectivity index (χ1) is 11.1. The largest absolute Gasteiger partial charge is 0.497 e. The average molecular weight is 317 g/mol. The second-order valence-electron chi connectivity index (χ2n) is 5.16. The van der Waals surface area contributed by atoms with Gasteiger partial charge in [-0.3, -0.25) is 4.79 Å². The zero-order chi connectivity index (χ0) is 16.7. The van der Waals surface area contributed by atoms with Gasteiger partial charge in [-0.15, -0.1) is 0 Å². The van der Waals surface area contributed by atoms with Crippen molar-refractivity contribution in [2.24, 2.45) is 0 Å². The van der Waals surface area contributed by atoms with E-state index in [1.165, 1.54) is 6.07 Å². The van der Waals surface area contributed by atoms with E-state index < -0.39 is 5.82 Å². The Labute approximate surface area is 135 Å². The maximum Gasteiger partial charge on any atom is 0.224 e. The van der Waals surface area contributed by atoms with Crippen LogP contribution in [0.15, 0.2) is 42.5 Å². The average Bonchev–Trinajstić information content (AvgIpc) is 2.55. The maximum absolute atomic E-state index is 13.6. The predicted octanol–water partition coefficient (Wildman–Crippen LogP) is 3.94. The maximum atomic E-state index is 13.6. The molecular formula is C18H20FNO3. The Balaban J connectivity index is 1.73. The molecule has 2 rings (SSSR count). The van der Waals surface area contributed by atoms with Crippen LogP contribution < -0.4 is 14.8 Å². The lowest BCUT2D eigenvalue weighted by atomic mass is 10.2. The van der Waals surface area contributed by atoms with Crippen molar-refractivity contribution < 1.29 is 18.7 Å². The van der Waals surface area contributed by atoms with Crippen molar-refractivity contribution in [1.29, 1.82) is 0 Å². The Bertz CT molecular complexity index is 656. The van der Waals surface area contributed by atoms with Crippen LogP contribution in [0.2, 0.25) is 0 Å². The molecule has 0 heterocycles. The lowest BCUT2D eigenvalue weighted by molar-refractivity contribution is -0.116. The highest BCUT2D eigenvalue weighted by Crippen LogP contribution is 2.18. The molecule has 1 amide bonds. The fourth-order valence-corrected chi connectivity index (χ4v) is 2.04. The first-order valence-corrected chi connectivity index (χ1v) is 7.41. The molecule has 0 aliphatic carbocycles. The zero-order valence-electron chi connectivity index (χ0n) is 13.3. The molecule has 5 heteroatoms. The van der Waals surface area contributed by atoms with Gasteiger partial charge >= 0.3 is 0 Å². The van der Waals surface area contributed by atoms with E-state index in [9.17, 15) is 9.18 Å². The molecule has 1 N–H and O–H groups in total. The fourth-order valence-electron chi connectivity index (χ4n) is 2.04. The monoisotopic (exact) mass is 317 g/mol. The van der Waals surface area contributed by atoms with Gasteiger partial charge in [-0.2, -0.15) is 0 Å². The number of hydrogen-bond acceptors (Lipinski definition) is 3. The standard InChI is InChI=1S/C18H20FNO3/c1-13-5-10-16(19)17(12-13)20-18(21)4-3-11-23-15-8-6-14(22-2)7-9-15/h5-10,12H,3-4,11H2,1-2H3,(H,20,21). The Morgan fingerprint density at radius 1 is 1.13 bits per heavy atom. The summed E-state index contributed by atoms with van der Waals surface area (Å²) in [4.78, 5) is 11.8. The molecule has 4 nitrogen and oxygen atoms in total. The summed E-state index contributed by atoms with van der Waals surface area (Å²) >= 11 is 0. The third kappa shape index (κ3) is 5.29. The van der Waals surface area contributed by atoms with Gasteiger partial charge in [-0.05, 0) is 55.3 Å². The summed E-state index contributed by atoms with van der Waals surface area (Å²) in [6, 6.07) is 11.8. The van der Waals surface area contributed by atoms with Gasteiger partial charge in [0, 0.05) is 6.42 Å². The number of aryl methyl sites for hydroxylation is 1. The summed E-state index contributed by atoms with van der Waals surface area (Å²) in [5, 5.41) is 2.58. The fraction of sp³-hybridized carbons (Fsp3) is 0.278. The molecule has 23 heavy (non-hydrogen) atoms. The van der Waals surface area contributed by atoms with Gasteiger partial charge in [0.25, 0.3) is 0 Å². The van der Waals surface area contributed by atoms with Crippen molar-refractivity contribution in [3.8, 4) is 11.5 Å². The third-order valence-electron chi connectivity index (χ3n) is 3.27. The second kappa shape index (κ2) is 8.17. The number of ether oxygens (including phenoxy) is 2. The number of carbonyl (C=O) groups excluding carboxylic acids is 1. The highest BCUT2D eigenvalue weighted by atomic mass is 19.1. The molecule has 0 bridgehead atoms. The van der Waals surface area contributed by atoms with Crippen molar-refractivity contribution in [2.45, 2.75) is 19.8 Å². The van der Waals surface area contributed by atoms with Gasteiger partial charge in [-0.25, -0.2) is 4.39 Å². The molecule has 2 aromatic rings. The molecular weight excluding hydrogens is 297 g/mol. The van der Waals surface area contributed by atoms with E-state index in [0.29, 0.717) is 13.0 Å². The highest BCUT2D eigenvalue weighted by Gasteiger charge is 2.07. The van der Waals surface area contributed by atoms with Gasteiger partial charge in [0.2, 0.25) is 5.91 Å².